The SMILES string of the molecule is CCc1noc(-n2nnn(C)c2=O)c1COc1ccc(I)cc1C. The molecule has 0 spiro atoms. The Hall–Kier alpha value is -2.17. The molecule has 9 heteroatoms. The molecular weight excluding hydrogens is 425 g/mol. The molecule has 2 aromatic heterocycles. The summed E-state index contributed by atoms with van der Waals surface area (Å²) in [5.74, 6) is 1.02. The summed E-state index contributed by atoms with van der Waals surface area (Å²) in [4.78, 5) is 12.1. The van der Waals surface area contributed by atoms with Crippen LogP contribution in [0.4, 0.5) is 0 Å². The van der Waals surface area contributed by atoms with Gasteiger partial charge < -0.3 is 9.26 Å². The van der Waals surface area contributed by atoms with Crippen molar-refractivity contribution in [2.24, 2.45) is 7.05 Å². The number of benzene rings is 1. The van der Waals surface area contributed by atoms with E-state index in [9.17, 15) is 4.79 Å². The van der Waals surface area contributed by atoms with Crippen LogP contribution in [0.1, 0.15) is 23.7 Å². The third-order valence-corrected chi connectivity index (χ3v) is 4.28. The van der Waals surface area contributed by atoms with E-state index < -0.39 is 5.69 Å². The second-order valence-electron chi connectivity index (χ2n) is 5.26. The zero-order valence-electron chi connectivity index (χ0n) is 13.5. The number of halogens is 1. The maximum absolute atomic E-state index is 12.1. The van der Waals surface area contributed by atoms with Crippen molar-refractivity contribution in [2.75, 3.05) is 0 Å². The van der Waals surface area contributed by atoms with Gasteiger partial charge in [0.05, 0.1) is 11.3 Å². The van der Waals surface area contributed by atoms with Crippen LogP contribution in [0.2, 0.25) is 0 Å². The normalized spacial score (nSPS) is 11.0. The summed E-state index contributed by atoms with van der Waals surface area (Å²) in [6.45, 7) is 4.17. The van der Waals surface area contributed by atoms with Crippen molar-refractivity contribution in [1.29, 1.82) is 0 Å². The summed E-state index contributed by atoms with van der Waals surface area (Å²) >= 11 is 2.26. The van der Waals surface area contributed by atoms with Gasteiger partial charge in [-0.1, -0.05) is 12.1 Å². The average molecular weight is 441 g/mol. The molecule has 0 bridgehead atoms. The Kier molecular flexibility index (Phi) is 4.69. The van der Waals surface area contributed by atoms with Gasteiger partial charge in [-0.2, -0.15) is 4.68 Å². The van der Waals surface area contributed by atoms with Crippen molar-refractivity contribution < 1.29 is 9.26 Å². The van der Waals surface area contributed by atoms with Crippen LogP contribution in [0.15, 0.2) is 27.5 Å². The van der Waals surface area contributed by atoms with Crippen LogP contribution in [0.5, 0.6) is 5.75 Å². The van der Waals surface area contributed by atoms with E-state index in [4.69, 9.17) is 9.26 Å². The van der Waals surface area contributed by atoms with E-state index in [1.54, 1.807) is 0 Å². The van der Waals surface area contributed by atoms with Gasteiger partial charge >= 0.3 is 5.69 Å². The van der Waals surface area contributed by atoms with Crippen molar-refractivity contribution in [3.05, 3.63) is 49.1 Å². The molecule has 0 aliphatic heterocycles. The largest absolute Gasteiger partial charge is 0.488 e. The molecule has 0 unspecified atom stereocenters. The molecule has 0 aliphatic rings. The van der Waals surface area contributed by atoms with Crippen LogP contribution in [-0.2, 0) is 20.1 Å². The Balaban J connectivity index is 1.94. The monoisotopic (exact) mass is 441 g/mol. The fraction of sp³-hybridized carbons (Fsp3) is 0.333. The van der Waals surface area contributed by atoms with Gasteiger partial charge in [0.15, 0.2) is 0 Å². The summed E-state index contributed by atoms with van der Waals surface area (Å²) in [6.07, 6.45) is 0.656. The Bertz CT molecular complexity index is 928. The Labute approximate surface area is 151 Å². The topological polar surface area (TPSA) is 88.0 Å². The highest BCUT2D eigenvalue weighted by Gasteiger charge is 2.21. The second-order valence-corrected chi connectivity index (χ2v) is 6.51. The van der Waals surface area contributed by atoms with Gasteiger partial charge in [0.2, 0.25) is 0 Å². The van der Waals surface area contributed by atoms with Gasteiger partial charge in [0.25, 0.3) is 5.88 Å². The highest BCUT2D eigenvalue weighted by Crippen LogP contribution is 2.24. The minimum atomic E-state index is -0.402. The summed E-state index contributed by atoms with van der Waals surface area (Å²) < 4.78 is 14.6. The zero-order valence-corrected chi connectivity index (χ0v) is 15.6. The fourth-order valence-corrected chi connectivity index (χ4v) is 2.93. The van der Waals surface area contributed by atoms with Gasteiger partial charge in [-0.25, -0.2) is 4.79 Å². The summed E-state index contributed by atoms with van der Waals surface area (Å²) in [7, 11) is 1.52. The van der Waals surface area contributed by atoms with Crippen LogP contribution in [0.3, 0.4) is 0 Å². The molecule has 2 heterocycles. The zero-order chi connectivity index (χ0) is 17.3. The van der Waals surface area contributed by atoms with Gasteiger partial charge in [-0.15, -0.1) is 4.68 Å². The van der Waals surface area contributed by atoms with Crippen molar-refractivity contribution in [3.8, 4) is 11.6 Å². The first-order valence-electron chi connectivity index (χ1n) is 7.37. The molecule has 0 saturated carbocycles. The molecule has 0 atom stereocenters. The van der Waals surface area contributed by atoms with E-state index in [1.807, 2.05) is 32.0 Å². The van der Waals surface area contributed by atoms with Gasteiger partial charge in [0, 0.05) is 10.6 Å². The van der Waals surface area contributed by atoms with Crippen molar-refractivity contribution in [2.45, 2.75) is 26.9 Å². The predicted octanol–water partition coefficient (Wildman–Crippen LogP) is 2.01. The highest BCUT2D eigenvalue weighted by molar-refractivity contribution is 14.1. The smallest absolute Gasteiger partial charge is 0.370 e. The minimum Gasteiger partial charge on any atom is -0.488 e. The van der Waals surface area contributed by atoms with Crippen LogP contribution < -0.4 is 10.4 Å². The molecule has 8 nitrogen and oxygen atoms in total. The van der Waals surface area contributed by atoms with E-state index in [1.165, 1.54) is 7.05 Å². The Morgan fingerprint density at radius 3 is 2.75 bits per heavy atom. The van der Waals surface area contributed by atoms with E-state index in [-0.39, 0.29) is 12.5 Å². The predicted molar refractivity (Wildman–Crippen MR) is 94.3 cm³/mol. The number of ether oxygens (including phenoxy) is 1. The van der Waals surface area contributed by atoms with Crippen LogP contribution in [-0.4, -0.2) is 24.9 Å². The summed E-state index contributed by atoms with van der Waals surface area (Å²) in [5, 5.41) is 11.5. The molecule has 3 rings (SSSR count). The standard InChI is InChI=1S/C15H16IN5O3/c1-4-12-11(8-23-13-6-5-10(16)7-9(13)2)14(24-17-12)21-15(22)20(3)18-19-21/h5-7H,4,8H2,1-3H3. The summed E-state index contributed by atoms with van der Waals surface area (Å²) in [6, 6.07) is 5.94. The molecule has 3 aromatic rings. The van der Waals surface area contributed by atoms with E-state index >= 15 is 0 Å². The number of hydrogen-bond donors (Lipinski definition) is 0. The number of aryl methyl sites for hydroxylation is 3. The first-order valence-corrected chi connectivity index (χ1v) is 8.45. The van der Waals surface area contributed by atoms with Gasteiger partial charge in [0.1, 0.15) is 12.4 Å². The van der Waals surface area contributed by atoms with E-state index in [0.29, 0.717) is 12.0 Å². The molecule has 126 valence electrons. The maximum atomic E-state index is 12.1. The quantitative estimate of drug-likeness (QED) is 0.563. The molecule has 1 aromatic carbocycles. The maximum Gasteiger partial charge on any atom is 0.370 e. The molecule has 24 heavy (non-hydrogen) atoms. The van der Waals surface area contributed by atoms with Crippen molar-refractivity contribution >= 4 is 22.6 Å². The number of hydrogen-bond acceptors (Lipinski definition) is 6. The first-order chi connectivity index (χ1) is 11.5. The number of tetrazole rings is 1. The number of rotatable bonds is 5. The van der Waals surface area contributed by atoms with Gasteiger partial charge in [-0.3, -0.25) is 0 Å². The third-order valence-electron chi connectivity index (χ3n) is 3.61. The summed E-state index contributed by atoms with van der Waals surface area (Å²) in [5.41, 5.74) is 2.05. The van der Waals surface area contributed by atoms with Crippen LogP contribution in [0, 0.1) is 10.5 Å². The molecule has 0 amide bonds. The van der Waals surface area contributed by atoms with Crippen LogP contribution in [0.25, 0.3) is 5.88 Å². The molecule has 0 radical (unpaired) electrons. The molecular formula is C15H16IN5O3. The molecule has 0 fully saturated rings. The second kappa shape index (κ2) is 6.75. The van der Waals surface area contributed by atoms with Crippen LogP contribution >= 0.6 is 22.6 Å². The lowest BCUT2D eigenvalue weighted by atomic mass is 10.2. The molecule has 0 saturated heterocycles. The molecule has 0 aliphatic carbocycles. The Morgan fingerprint density at radius 1 is 1.33 bits per heavy atom. The molecule has 0 N–H and O–H groups in total. The van der Waals surface area contributed by atoms with Crippen molar-refractivity contribution in [1.82, 2.24) is 24.9 Å². The Morgan fingerprint density at radius 2 is 2.12 bits per heavy atom. The fourth-order valence-electron chi connectivity index (χ4n) is 2.29. The lowest BCUT2D eigenvalue weighted by molar-refractivity contribution is 0.300. The van der Waals surface area contributed by atoms with E-state index in [2.05, 4.69) is 38.2 Å². The number of aromatic nitrogens is 5. The lowest BCUT2D eigenvalue weighted by Crippen LogP contribution is -2.22. The lowest BCUT2D eigenvalue weighted by Gasteiger charge is -2.09. The third kappa shape index (κ3) is 3.07. The first kappa shape index (κ1) is 16.7. The average Bonchev–Trinajstić information content (AvgIpc) is 3.10. The minimum absolute atomic E-state index is 0.229. The van der Waals surface area contributed by atoms with Crippen molar-refractivity contribution in [3.63, 3.8) is 0 Å². The highest BCUT2D eigenvalue weighted by atomic mass is 127. The number of nitrogens with zero attached hydrogens (tertiary/aromatic N) is 5. The van der Waals surface area contributed by atoms with E-state index in [0.717, 1.165) is 29.9 Å². The van der Waals surface area contributed by atoms with Gasteiger partial charge in [-0.05, 0) is 70.1 Å².